The van der Waals surface area contributed by atoms with E-state index in [9.17, 15) is 4.79 Å². The van der Waals surface area contributed by atoms with Gasteiger partial charge in [0.2, 0.25) is 5.91 Å². The highest BCUT2D eigenvalue weighted by molar-refractivity contribution is 9.10. The van der Waals surface area contributed by atoms with Crippen LogP contribution in [0.4, 0.5) is 5.69 Å². The van der Waals surface area contributed by atoms with Gasteiger partial charge in [-0.15, -0.1) is 12.4 Å². The molecule has 1 aromatic carbocycles. The number of hydrogen-bond acceptors (Lipinski definition) is 3. The van der Waals surface area contributed by atoms with Crippen LogP contribution in [-0.4, -0.2) is 37.0 Å². The molecule has 1 aliphatic rings. The maximum absolute atomic E-state index is 12.1. The fourth-order valence-corrected chi connectivity index (χ4v) is 3.13. The quantitative estimate of drug-likeness (QED) is 0.849. The van der Waals surface area contributed by atoms with E-state index in [1.807, 2.05) is 25.1 Å². The minimum absolute atomic E-state index is 0. The van der Waals surface area contributed by atoms with Gasteiger partial charge in [-0.05, 0) is 65.5 Å². The van der Waals surface area contributed by atoms with Crippen molar-refractivity contribution in [1.29, 1.82) is 0 Å². The summed E-state index contributed by atoms with van der Waals surface area (Å²) in [4.78, 5) is 14.3. The van der Waals surface area contributed by atoms with Crippen molar-refractivity contribution in [3.8, 4) is 0 Å². The number of nitrogens with zero attached hydrogens (tertiary/aromatic N) is 1. The first-order valence-electron chi connectivity index (χ1n) is 6.90. The third kappa shape index (κ3) is 4.95. The average Bonchev–Trinajstić information content (AvgIpc) is 2.75. The second-order valence-electron chi connectivity index (χ2n) is 6.01. The Kier molecular flexibility index (Phi) is 6.66. The number of aryl methyl sites for hydroxylation is 1. The molecule has 1 fully saturated rings. The molecule has 1 aromatic rings. The highest BCUT2D eigenvalue weighted by Crippen LogP contribution is 2.28. The van der Waals surface area contributed by atoms with Crippen LogP contribution in [0.5, 0.6) is 0 Å². The third-order valence-corrected chi connectivity index (χ3v) is 4.55. The Morgan fingerprint density at radius 2 is 2.24 bits per heavy atom. The molecule has 1 atom stereocenters. The van der Waals surface area contributed by atoms with Crippen LogP contribution in [0.2, 0.25) is 0 Å². The molecule has 0 radical (unpaired) electrons. The summed E-state index contributed by atoms with van der Waals surface area (Å²) in [5.41, 5.74) is 7.92. The lowest BCUT2D eigenvalue weighted by Crippen LogP contribution is -2.35. The van der Waals surface area contributed by atoms with Gasteiger partial charge in [-0.25, -0.2) is 0 Å². The van der Waals surface area contributed by atoms with Gasteiger partial charge in [0, 0.05) is 11.0 Å². The molecule has 1 heterocycles. The molecule has 1 saturated heterocycles. The van der Waals surface area contributed by atoms with Gasteiger partial charge in [-0.2, -0.15) is 0 Å². The summed E-state index contributed by atoms with van der Waals surface area (Å²) in [5, 5.41) is 2.95. The third-order valence-electron chi connectivity index (χ3n) is 3.90. The molecule has 118 valence electrons. The lowest BCUT2D eigenvalue weighted by molar-refractivity contribution is -0.117. The van der Waals surface area contributed by atoms with E-state index in [2.05, 4.69) is 33.1 Å². The first-order valence-corrected chi connectivity index (χ1v) is 7.70. The maximum atomic E-state index is 12.1. The highest BCUT2D eigenvalue weighted by atomic mass is 79.9. The minimum atomic E-state index is 0. The topological polar surface area (TPSA) is 58.4 Å². The Balaban J connectivity index is 0.00000220. The Morgan fingerprint density at radius 1 is 1.52 bits per heavy atom. The minimum Gasteiger partial charge on any atom is -0.330 e. The zero-order valence-electron chi connectivity index (χ0n) is 12.5. The predicted molar refractivity (Wildman–Crippen MR) is 93.0 cm³/mol. The smallest absolute Gasteiger partial charge is 0.238 e. The van der Waals surface area contributed by atoms with Crippen molar-refractivity contribution in [2.75, 3.05) is 31.5 Å². The fraction of sp³-hybridized carbons (Fsp3) is 0.533. The fourth-order valence-electron chi connectivity index (χ4n) is 2.54. The second kappa shape index (κ2) is 7.58. The number of nitrogens with two attached hydrogens (primary N) is 1. The lowest BCUT2D eigenvalue weighted by atomic mass is 9.90. The Labute approximate surface area is 141 Å². The zero-order valence-corrected chi connectivity index (χ0v) is 14.9. The number of likely N-dealkylation sites (tertiary alicyclic amines) is 1. The summed E-state index contributed by atoms with van der Waals surface area (Å²) in [5.74, 6) is 0.0239. The van der Waals surface area contributed by atoms with Crippen LogP contribution in [0.3, 0.4) is 0 Å². The summed E-state index contributed by atoms with van der Waals surface area (Å²) in [6.45, 7) is 7.14. The van der Waals surface area contributed by atoms with Crippen molar-refractivity contribution in [1.82, 2.24) is 4.90 Å². The molecule has 1 aliphatic heterocycles. The predicted octanol–water partition coefficient (Wildman–Crippen LogP) is 2.79. The summed E-state index contributed by atoms with van der Waals surface area (Å²) >= 11 is 3.47. The van der Waals surface area contributed by atoms with Gasteiger partial charge in [-0.1, -0.05) is 13.0 Å². The Morgan fingerprint density at radius 3 is 2.81 bits per heavy atom. The van der Waals surface area contributed by atoms with Crippen LogP contribution in [0.15, 0.2) is 22.7 Å². The van der Waals surface area contributed by atoms with Crippen LogP contribution in [0.25, 0.3) is 0 Å². The number of carbonyl (C=O) groups excluding carboxylic acids is 1. The molecule has 21 heavy (non-hydrogen) atoms. The Hall–Kier alpha value is -0.620. The molecule has 0 aliphatic carbocycles. The van der Waals surface area contributed by atoms with Gasteiger partial charge < -0.3 is 11.1 Å². The van der Waals surface area contributed by atoms with E-state index in [1.54, 1.807) is 0 Å². The van der Waals surface area contributed by atoms with Gasteiger partial charge in [-0.3, -0.25) is 9.69 Å². The Bertz CT molecular complexity index is 512. The van der Waals surface area contributed by atoms with Crippen molar-refractivity contribution >= 4 is 39.9 Å². The lowest BCUT2D eigenvalue weighted by Gasteiger charge is -2.22. The van der Waals surface area contributed by atoms with Crippen LogP contribution >= 0.6 is 28.3 Å². The molecule has 1 unspecified atom stereocenters. The first kappa shape index (κ1) is 18.4. The van der Waals surface area contributed by atoms with Crippen LogP contribution in [0.1, 0.15) is 18.9 Å². The summed E-state index contributed by atoms with van der Waals surface area (Å²) < 4.78 is 0.916. The number of hydrogen-bond donors (Lipinski definition) is 2. The average molecular weight is 377 g/mol. The highest BCUT2D eigenvalue weighted by Gasteiger charge is 2.33. The summed E-state index contributed by atoms with van der Waals surface area (Å²) in [6.07, 6.45) is 1.06. The molecule has 4 nitrogen and oxygen atoms in total. The summed E-state index contributed by atoms with van der Waals surface area (Å²) in [6, 6.07) is 5.91. The van der Waals surface area contributed by atoms with Crippen molar-refractivity contribution in [3.63, 3.8) is 0 Å². The molecule has 0 spiro atoms. The van der Waals surface area contributed by atoms with Gasteiger partial charge in [0.05, 0.1) is 12.2 Å². The molecular formula is C15H23BrClN3O. The molecule has 0 bridgehead atoms. The molecular weight excluding hydrogens is 354 g/mol. The van der Waals surface area contributed by atoms with Gasteiger partial charge in [0.1, 0.15) is 0 Å². The number of anilines is 1. The monoisotopic (exact) mass is 375 g/mol. The van der Waals surface area contributed by atoms with Gasteiger partial charge in [0.25, 0.3) is 0 Å². The van der Waals surface area contributed by atoms with Crippen molar-refractivity contribution in [2.24, 2.45) is 11.1 Å². The molecule has 0 aromatic heterocycles. The van der Waals surface area contributed by atoms with Crippen LogP contribution < -0.4 is 11.1 Å². The normalized spacial score (nSPS) is 21.9. The maximum Gasteiger partial charge on any atom is 0.238 e. The van der Waals surface area contributed by atoms with E-state index in [4.69, 9.17) is 5.73 Å². The second-order valence-corrected chi connectivity index (χ2v) is 6.86. The molecule has 2 rings (SSSR count). The van der Waals surface area contributed by atoms with E-state index < -0.39 is 0 Å². The number of amides is 1. The van der Waals surface area contributed by atoms with E-state index in [-0.39, 0.29) is 23.7 Å². The molecule has 1 amide bonds. The van der Waals surface area contributed by atoms with Crippen molar-refractivity contribution < 1.29 is 4.79 Å². The zero-order chi connectivity index (χ0) is 14.8. The number of carbonyl (C=O) groups is 1. The molecule has 0 saturated carbocycles. The standard InChI is InChI=1S/C15H22BrN3O.ClH/c1-11-3-4-13(12(16)7-11)18-14(20)8-19-6-5-15(2,9-17)10-19;/h3-4,7H,5-6,8-10,17H2,1-2H3,(H,18,20);1H. The number of nitrogens with one attached hydrogen (secondary N) is 1. The van der Waals surface area contributed by atoms with E-state index in [0.29, 0.717) is 13.1 Å². The SMILES string of the molecule is Cc1ccc(NC(=O)CN2CCC(C)(CN)C2)c(Br)c1.Cl. The van der Waals surface area contributed by atoms with Gasteiger partial charge in [0.15, 0.2) is 0 Å². The number of rotatable bonds is 4. The largest absolute Gasteiger partial charge is 0.330 e. The van der Waals surface area contributed by atoms with E-state index in [0.717, 1.165) is 35.2 Å². The van der Waals surface area contributed by atoms with E-state index >= 15 is 0 Å². The molecule has 3 N–H and O–H groups in total. The van der Waals surface area contributed by atoms with Gasteiger partial charge >= 0.3 is 0 Å². The van der Waals surface area contributed by atoms with Crippen LogP contribution in [-0.2, 0) is 4.79 Å². The summed E-state index contributed by atoms with van der Waals surface area (Å²) in [7, 11) is 0. The number of halogens is 2. The first-order chi connectivity index (χ1) is 9.42. The van der Waals surface area contributed by atoms with Crippen molar-refractivity contribution in [3.05, 3.63) is 28.2 Å². The van der Waals surface area contributed by atoms with Crippen LogP contribution in [0, 0.1) is 12.3 Å². The van der Waals surface area contributed by atoms with Crippen molar-refractivity contribution in [2.45, 2.75) is 20.3 Å². The molecule has 6 heteroatoms. The van der Waals surface area contributed by atoms with E-state index in [1.165, 1.54) is 0 Å². The number of benzene rings is 1.